The van der Waals surface area contributed by atoms with Crippen molar-refractivity contribution in [3.05, 3.63) is 42.4 Å². The number of H-pyrrole nitrogens is 1. The Morgan fingerprint density at radius 3 is 2.79 bits per heavy atom. The molecule has 1 heterocycles. The van der Waals surface area contributed by atoms with E-state index in [1.807, 2.05) is 50.4 Å². The van der Waals surface area contributed by atoms with Crippen molar-refractivity contribution >= 4 is 5.91 Å². The molecule has 128 valence electrons. The van der Waals surface area contributed by atoms with Crippen LogP contribution < -0.4 is 5.32 Å². The largest absolute Gasteiger partial charge is 0.368 e. The first-order valence-corrected chi connectivity index (χ1v) is 8.69. The van der Waals surface area contributed by atoms with Gasteiger partial charge in [-0.2, -0.15) is 0 Å². The normalized spacial score (nSPS) is 16.6. The Morgan fingerprint density at radius 2 is 2.12 bits per heavy atom. The van der Waals surface area contributed by atoms with E-state index in [0.717, 1.165) is 23.5 Å². The van der Waals surface area contributed by atoms with E-state index in [9.17, 15) is 4.79 Å². The van der Waals surface area contributed by atoms with Gasteiger partial charge in [0.1, 0.15) is 11.9 Å². The van der Waals surface area contributed by atoms with Gasteiger partial charge in [0.25, 0.3) is 0 Å². The average Bonchev–Trinajstić information content (AvgIpc) is 3.32. The number of nitrogens with one attached hydrogen (secondary N) is 2. The zero-order valence-electron chi connectivity index (χ0n) is 14.3. The van der Waals surface area contributed by atoms with E-state index in [1.54, 1.807) is 0 Å². The van der Waals surface area contributed by atoms with Crippen molar-refractivity contribution < 1.29 is 9.53 Å². The van der Waals surface area contributed by atoms with Crippen molar-refractivity contribution in [2.75, 3.05) is 6.61 Å². The van der Waals surface area contributed by atoms with Gasteiger partial charge in [-0.25, -0.2) is 4.98 Å². The number of benzene rings is 1. The van der Waals surface area contributed by atoms with Crippen LogP contribution in [0.4, 0.5) is 0 Å². The summed E-state index contributed by atoms with van der Waals surface area (Å²) in [6.07, 6.45) is 4.60. The molecule has 0 spiro atoms. The number of hydrogen-bond donors (Lipinski definition) is 2. The molecule has 0 aliphatic heterocycles. The van der Waals surface area contributed by atoms with Crippen LogP contribution in [0, 0.1) is 5.92 Å². The van der Waals surface area contributed by atoms with E-state index >= 15 is 0 Å². The number of aromatic nitrogens is 2. The number of imidazole rings is 1. The fourth-order valence-corrected chi connectivity index (χ4v) is 2.57. The van der Waals surface area contributed by atoms with E-state index in [2.05, 4.69) is 15.3 Å². The first-order chi connectivity index (χ1) is 11.7. The lowest BCUT2D eigenvalue weighted by Gasteiger charge is -2.18. The molecule has 5 heteroatoms. The zero-order valence-corrected chi connectivity index (χ0v) is 14.3. The minimum absolute atomic E-state index is 0.0832. The average molecular weight is 327 g/mol. The Bertz CT molecular complexity index is 664. The second kappa shape index (κ2) is 7.62. The number of carbonyl (C=O) groups is 1. The van der Waals surface area contributed by atoms with Crippen LogP contribution in [0.5, 0.6) is 0 Å². The summed E-state index contributed by atoms with van der Waals surface area (Å²) < 4.78 is 5.64. The Kier molecular flexibility index (Phi) is 5.30. The number of aromatic amines is 1. The summed E-state index contributed by atoms with van der Waals surface area (Å²) in [5.74, 6) is 1.35. The third-order valence-corrected chi connectivity index (χ3v) is 4.38. The van der Waals surface area contributed by atoms with E-state index in [1.165, 1.54) is 12.8 Å². The minimum Gasteiger partial charge on any atom is -0.368 e. The zero-order chi connectivity index (χ0) is 16.9. The van der Waals surface area contributed by atoms with Gasteiger partial charge < -0.3 is 15.0 Å². The highest BCUT2D eigenvalue weighted by atomic mass is 16.5. The van der Waals surface area contributed by atoms with Crippen LogP contribution in [0.25, 0.3) is 11.3 Å². The summed E-state index contributed by atoms with van der Waals surface area (Å²) in [5, 5.41) is 3.03. The summed E-state index contributed by atoms with van der Waals surface area (Å²) in [5.41, 5.74) is 2.04. The van der Waals surface area contributed by atoms with E-state index < -0.39 is 6.10 Å². The number of hydrogen-bond acceptors (Lipinski definition) is 3. The van der Waals surface area contributed by atoms with Crippen LogP contribution in [-0.4, -0.2) is 28.6 Å². The molecule has 2 atom stereocenters. The number of amides is 1. The Balaban J connectivity index is 1.61. The van der Waals surface area contributed by atoms with Crippen molar-refractivity contribution in [1.82, 2.24) is 15.3 Å². The predicted octanol–water partition coefficient (Wildman–Crippen LogP) is 3.46. The summed E-state index contributed by atoms with van der Waals surface area (Å²) in [7, 11) is 0. The third-order valence-electron chi connectivity index (χ3n) is 4.38. The van der Waals surface area contributed by atoms with Crippen LogP contribution in [0.1, 0.15) is 45.0 Å². The van der Waals surface area contributed by atoms with Crippen LogP contribution in [0.3, 0.4) is 0 Å². The smallest absolute Gasteiger partial charge is 0.249 e. The Morgan fingerprint density at radius 1 is 1.38 bits per heavy atom. The highest BCUT2D eigenvalue weighted by Gasteiger charge is 2.25. The van der Waals surface area contributed by atoms with Gasteiger partial charge in [0.2, 0.25) is 5.91 Å². The van der Waals surface area contributed by atoms with Gasteiger partial charge in [-0.05, 0) is 37.7 Å². The standard InChI is InChI=1S/C19H25N3O2/c1-3-16(22-19(23)13(2)24-12-14-9-10-14)18-20-11-17(21-18)15-7-5-4-6-8-15/h4-8,11,13-14,16H,3,9-10,12H2,1-2H3,(H,20,21)(H,22,23)/t13-,16-/m0/s1. The highest BCUT2D eigenvalue weighted by molar-refractivity contribution is 5.80. The van der Waals surface area contributed by atoms with Crippen molar-refractivity contribution in [3.8, 4) is 11.3 Å². The van der Waals surface area contributed by atoms with Gasteiger partial charge in [-0.3, -0.25) is 4.79 Å². The summed E-state index contributed by atoms with van der Waals surface area (Å²) in [6.45, 7) is 4.53. The lowest BCUT2D eigenvalue weighted by atomic mass is 10.2. The number of rotatable bonds is 8. The second-order valence-electron chi connectivity index (χ2n) is 6.44. The lowest BCUT2D eigenvalue weighted by molar-refractivity contribution is -0.132. The molecule has 3 rings (SSSR count). The molecule has 0 radical (unpaired) electrons. The van der Waals surface area contributed by atoms with Crippen LogP contribution >= 0.6 is 0 Å². The molecule has 1 amide bonds. The summed E-state index contributed by atoms with van der Waals surface area (Å²) in [4.78, 5) is 20.1. The van der Waals surface area contributed by atoms with Crippen LogP contribution in [0.15, 0.2) is 36.5 Å². The Hall–Kier alpha value is -2.14. The number of ether oxygens (including phenoxy) is 1. The molecular formula is C19H25N3O2. The quantitative estimate of drug-likeness (QED) is 0.780. The maximum absolute atomic E-state index is 12.3. The van der Waals surface area contributed by atoms with Crippen LogP contribution in [0.2, 0.25) is 0 Å². The van der Waals surface area contributed by atoms with Gasteiger partial charge in [-0.15, -0.1) is 0 Å². The molecule has 1 aromatic carbocycles. The molecular weight excluding hydrogens is 302 g/mol. The number of carbonyl (C=O) groups excluding carboxylic acids is 1. The highest BCUT2D eigenvalue weighted by Crippen LogP contribution is 2.29. The van der Waals surface area contributed by atoms with Gasteiger partial charge >= 0.3 is 0 Å². The molecule has 1 aromatic heterocycles. The molecule has 0 saturated heterocycles. The van der Waals surface area contributed by atoms with Gasteiger partial charge in [0.05, 0.1) is 24.5 Å². The maximum Gasteiger partial charge on any atom is 0.249 e. The molecule has 2 N–H and O–H groups in total. The molecule has 1 saturated carbocycles. The monoisotopic (exact) mass is 327 g/mol. The SMILES string of the molecule is CC[C@H](NC(=O)[C@H](C)OCC1CC1)c1ncc(-c2ccccc2)[nH]1. The first kappa shape index (κ1) is 16.7. The third kappa shape index (κ3) is 4.23. The van der Waals surface area contributed by atoms with Crippen LogP contribution in [-0.2, 0) is 9.53 Å². The van der Waals surface area contributed by atoms with Crippen molar-refractivity contribution in [2.24, 2.45) is 5.92 Å². The molecule has 1 fully saturated rings. The predicted molar refractivity (Wildman–Crippen MR) is 93.3 cm³/mol. The van der Waals surface area contributed by atoms with Gasteiger partial charge in [0, 0.05) is 0 Å². The van der Waals surface area contributed by atoms with Crippen molar-refractivity contribution in [2.45, 2.75) is 45.3 Å². The first-order valence-electron chi connectivity index (χ1n) is 8.69. The lowest BCUT2D eigenvalue weighted by Crippen LogP contribution is -2.37. The molecule has 0 bridgehead atoms. The van der Waals surface area contributed by atoms with E-state index in [-0.39, 0.29) is 11.9 Å². The van der Waals surface area contributed by atoms with Crippen molar-refractivity contribution in [1.29, 1.82) is 0 Å². The fourth-order valence-electron chi connectivity index (χ4n) is 2.57. The summed E-state index contributed by atoms with van der Waals surface area (Å²) in [6, 6.07) is 9.90. The summed E-state index contributed by atoms with van der Waals surface area (Å²) >= 11 is 0. The number of nitrogens with zero attached hydrogens (tertiary/aromatic N) is 1. The van der Waals surface area contributed by atoms with E-state index in [4.69, 9.17) is 4.74 Å². The second-order valence-corrected chi connectivity index (χ2v) is 6.44. The van der Waals surface area contributed by atoms with Gasteiger partial charge in [0.15, 0.2) is 0 Å². The minimum atomic E-state index is -0.428. The van der Waals surface area contributed by atoms with E-state index in [0.29, 0.717) is 12.5 Å². The van der Waals surface area contributed by atoms with Gasteiger partial charge in [-0.1, -0.05) is 37.3 Å². The molecule has 5 nitrogen and oxygen atoms in total. The molecule has 2 aromatic rings. The van der Waals surface area contributed by atoms with Crippen molar-refractivity contribution in [3.63, 3.8) is 0 Å². The molecule has 24 heavy (non-hydrogen) atoms. The maximum atomic E-state index is 12.3. The molecule has 1 aliphatic rings. The molecule has 0 unspecified atom stereocenters. The fraction of sp³-hybridized carbons (Fsp3) is 0.474. The topological polar surface area (TPSA) is 67.0 Å². The molecule has 1 aliphatic carbocycles. The Labute approximate surface area is 142 Å².